The minimum Gasteiger partial charge on any atom is -0.493 e. The van der Waals surface area contributed by atoms with Gasteiger partial charge in [-0.2, -0.15) is 13.2 Å². The Balaban J connectivity index is 1.61. The molecule has 0 fully saturated rings. The van der Waals surface area contributed by atoms with Crippen molar-refractivity contribution in [3.05, 3.63) is 46.5 Å². The van der Waals surface area contributed by atoms with Gasteiger partial charge in [-0.05, 0) is 30.3 Å². The van der Waals surface area contributed by atoms with Crippen molar-refractivity contribution in [2.75, 3.05) is 37.7 Å². The Morgan fingerprint density at radius 3 is 2.28 bits per heavy atom. The Morgan fingerprint density at radius 2 is 1.69 bits per heavy atom. The molecule has 36 heavy (non-hydrogen) atoms. The van der Waals surface area contributed by atoms with Gasteiger partial charge in [-0.15, -0.1) is 10.2 Å². The van der Waals surface area contributed by atoms with Gasteiger partial charge in [0.2, 0.25) is 16.8 Å². The van der Waals surface area contributed by atoms with Gasteiger partial charge in [-0.3, -0.25) is 14.9 Å². The van der Waals surface area contributed by atoms with Crippen LogP contribution in [0.2, 0.25) is 5.02 Å². The molecule has 0 radical (unpaired) electrons. The third-order valence-electron chi connectivity index (χ3n) is 4.45. The van der Waals surface area contributed by atoms with E-state index in [2.05, 4.69) is 20.8 Å². The topological polar surface area (TPSA) is 112 Å². The molecule has 0 unspecified atom stereocenters. The molecule has 2 amide bonds. The number of benzene rings is 2. The van der Waals surface area contributed by atoms with Gasteiger partial charge in [-0.25, -0.2) is 0 Å². The highest BCUT2D eigenvalue weighted by Gasteiger charge is 2.31. The summed E-state index contributed by atoms with van der Waals surface area (Å²) in [7, 11) is 4.28. The lowest BCUT2D eigenvalue weighted by Crippen LogP contribution is -2.15. The van der Waals surface area contributed by atoms with E-state index in [0.717, 1.165) is 41.3 Å². The molecule has 0 aliphatic carbocycles. The van der Waals surface area contributed by atoms with Crippen LogP contribution in [-0.2, 0) is 11.0 Å². The van der Waals surface area contributed by atoms with E-state index >= 15 is 0 Å². The quantitative estimate of drug-likeness (QED) is 0.270. The number of amides is 2. The first-order valence-corrected chi connectivity index (χ1v) is 12.0. The van der Waals surface area contributed by atoms with E-state index in [1.54, 1.807) is 0 Å². The number of anilines is 2. The summed E-state index contributed by atoms with van der Waals surface area (Å²) in [4.78, 5) is 24.9. The molecule has 0 saturated heterocycles. The largest absolute Gasteiger partial charge is 0.493 e. The van der Waals surface area contributed by atoms with Crippen molar-refractivity contribution in [3.8, 4) is 17.2 Å². The Labute approximate surface area is 216 Å². The number of carbonyl (C=O) groups is 2. The lowest BCUT2D eigenvalue weighted by molar-refractivity contribution is -0.137. The first-order chi connectivity index (χ1) is 17.0. The van der Waals surface area contributed by atoms with E-state index in [0.29, 0.717) is 21.6 Å². The second-order valence-electron chi connectivity index (χ2n) is 6.77. The Hall–Kier alpha value is -3.23. The second kappa shape index (κ2) is 11.7. The van der Waals surface area contributed by atoms with Gasteiger partial charge < -0.3 is 19.5 Å². The maximum Gasteiger partial charge on any atom is 0.416 e. The van der Waals surface area contributed by atoms with Crippen LogP contribution in [0.3, 0.4) is 0 Å². The van der Waals surface area contributed by atoms with Crippen molar-refractivity contribution < 1.29 is 37.0 Å². The Bertz CT molecular complexity index is 1250. The zero-order valence-corrected chi connectivity index (χ0v) is 21.2. The summed E-state index contributed by atoms with van der Waals surface area (Å²) >= 11 is 7.88. The monoisotopic (exact) mass is 562 g/mol. The number of nitrogens with zero attached hydrogens (tertiary/aromatic N) is 2. The van der Waals surface area contributed by atoms with E-state index in [4.69, 9.17) is 25.8 Å². The van der Waals surface area contributed by atoms with Gasteiger partial charge in [0, 0.05) is 5.56 Å². The highest BCUT2D eigenvalue weighted by molar-refractivity contribution is 8.01. The van der Waals surface area contributed by atoms with Crippen LogP contribution in [0.5, 0.6) is 17.2 Å². The highest BCUT2D eigenvalue weighted by atomic mass is 35.5. The molecule has 0 spiro atoms. The first-order valence-electron chi connectivity index (χ1n) is 9.80. The highest BCUT2D eigenvalue weighted by Crippen LogP contribution is 2.38. The van der Waals surface area contributed by atoms with Crippen molar-refractivity contribution in [2.24, 2.45) is 0 Å². The molecule has 1 aromatic heterocycles. The van der Waals surface area contributed by atoms with E-state index < -0.39 is 23.6 Å². The van der Waals surface area contributed by atoms with Crippen LogP contribution < -0.4 is 24.8 Å². The number of hydrogen-bond acceptors (Lipinski definition) is 9. The van der Waals surface area contributed by atoms with Crippen molar-refractivity contribution in [1.82, 2.24) is 10.2 Å². The van der Waals surface area contributed by atoms with Crippen LogP contribution in [-0.4, -0.2) is 49.1 Å². The number of halogens is 4. The van der Waals surface area contributed by atoms with Gasteiger partial charge in [-0.1, -0.05) is 34.7 Å². The third kappa shape index (κ3) is 6.71. The average molecular weight is 563 g/mol. The molecule has 2 N–H and O–H groups in total. The van der Waals surface area contributed by atoms with Crippen molar-refractivity contribution in [3.63, 3.8) is 0 Å². The molecule has 0 aliphatic heterocycles. The number of aromatic nitrogens is 2. The number of nitrogens with one attached hydrogen (secondary N) is 2. The Kier molecular flexibility index (Phi) is 8.87. The summed E-state index contributed by atoms with van der Waals surface area (Å²) in [6.45, 7) is 0. The Morgan fingerprint density at radius 1 is 1.03 bits per heavy atom. The summed E-state index contributed by atoms with van der Waals surface area (Å²) in [6.07, 6.45) is -4.58. The fraction of sp³-hybridized carbons (Fsp3) is 0.238. The van der Waals surface area contributed by atoms with E-state index in [9.17, 15) is 22.8 Å². The van der Waals surface area contributed by atoms with Gasteiger partial charge in [0.1, 0.15) is 0 Å². The molecule has 3 rings (SSSR count). The molecule has 0 aliphatic rings. The summed E-state index contributed by atoms with van der Waals surface area (Å²) in [5, 5.41) is 12.8. The van der Waals surface area contributed by atoms with Crippen LogP contribution in [0.4, 0.5) is 24.0 Å². The van der Waals surface area contributed by atoms with E-state index in [1.807, 2.05) is 0 Å². The third-order valence-corrected chi connectivity index (χ3v) is 6.75. The van der Waals surface area contributed by atoms with Crippen LogP contribution in [0.25, 0.3) is 0 Å². The fourth-order valence-electron chi connectivity index (χ4n) is 2.81. The number of methoxy groups -OCH3 is 3. The summed E-state index contributed by atoms with van der Waals surface area (Å²) in [6, 6.07) is 5.57. The predicted molar refractivity (Wildman–Crippen MR) is 130 cm³/mol. The van der Waals surface area contributed by atoms with Crippen LogP contribution in [0.15, 0.2) is 34.7 Å². The van der Waals surface area contributed by atoms with Gasteiger partial charge >= 0.3 is 6.18 Å². The molecule has 0 saturated carbocycles. The van der Waals surface area contributed by atoms with E-state index in [1.165, 1.54) is 33.5 Å². The van der Waals surface area contributed by atoms with Crippen molar-refractivity contribution >= 4 is 57.3 Å². The van der Waals surface area contributed by atoms with Gasteiger partial charge in [0.05, 0.1) is 43.4 Å². The number of rotatable bonds is 9. The van der Waals surface area contributed by atoms with Gasteiger partial charge in [0.25, 0.3) is 5.91 Å². The minimum absolute atomic E-state index is 0.0333. The van der Waals surface area contributed by atoms with Gasteiger partial charge in [0.15, 0.2) is 15.8 Å². The molecule has 3 aromatic rings. The predicted octanol–water partition coefficient (Wildman–Crippen LogP) is 5.22. The molecule has 9 nitrogen and oxygen atoms in total. The molecular weight excluding hydrogens is 545 g/mol. The summed E-state index contributed by atoms with van der Waals surface area (Å²) in [5.41, 5.74) is -0.884. The number of carbonyl (C=O) groups excluding carboxylic acids is 2. The zero-order chi connectivity index (χ0) is 26.5. The second-order valence-corrected chi connectivity index (χ2v) is 9.38. The SMILES string of the molecule is COc1cc(C(=O)Nc2nnc(SCC(=O)Nc3cc(C(F)(F)F)ccc3Cl)s2)cc(OC)c1OC. The van der Waals surface area contributed by atoms with E-state index in [-0.39, 0.29) is 27.2 Å². The maximum atomic E-state index is 12.9. The number of alkyl halides is 3. The molecular formula is C21H18ClF3N4O5S2. The number of thioether (sulfide) groups is 1. The molecule has 0 atom stereocenters. The normalized spacial score (nSPS) is 11.1. The fourth-order valence-corrected chi connectivity index (χ4v) is 4.52. The average Bonchev–Trinajstić information content (AvgIpc) is 3.29. The van der Waals surface area contributed by atoms with Crippen LogP contribution >= 0.6 is 34.7 Å². The van der Waals surface area contributed by atoms with Crippen molar-refractivity contribution in [2.45, 2.75) is 10.5 Å². The number of ether oxygens (including phenoxy) is 3. The summed E-state index contributed by atoms with van der Waals surface area (Å²) in [5.74, 6) is -0.374. The lowest BCUT2D eigenvalue weighted by Gasteiger charge is -2.13. The smallest absolute Gasteiger partial charge is 0.416 e. The zero-order valence-electron chi connectivity index (χ0n) is 18.9. The molecule has 192 valence electrons. The lowest BCUT2D eigenvalue weighted by atomic mass is 10.1. The number of hydrogen-bond donors (Lipinski definition) is 2. The molecule has 1 heterocycles. The van der Waals surface area contributed by atoms with Crippen LogP contribution in [0, 0.1) is 0 Å². The summed E-state index contributed by atoms with van der Waals surface area (Å²) < 4.78 is 54.7. The maximum absolute atomic E-state index is 12.9. The minimum atomic E-state index is -4.58. The van der Waals surface area contributed by atoms with Crippen molar-refractivity contribution in [1.29, 1.82) is 0 Å². The first kappa shape index (κ1) is 27.4. The molecule has 0 bridgehead atoms. The standard InChI is InChI=1S/C21H18ClF3N4O5S2/c1-32-14-6-10(7-15(33-2)17(14)34-3)18(31)27-19-28-29-20(36-19)35-9-16(30)26-13-8-11(21(23,24)25)4-5-12(13)22/h4-8H,9H2,1-3H3,(H,26,30)(H,27,28,31). The molecule has 15 heteroatoms. The molecule has 2 aromatic carbocycles. The van der Waals surface area contributed by atoms with Crippen LogP contribution in [0.1, 0.15) is 15.9 Å².